The highest BCUT2D eigenvalue weighted by Gasteiger charge is 2.24. The van der Waals surface area contributed by atoms with Gasteiger partial charge >= 0.3 is 0 Å². The zero-order valence-corrected chi connectivity index (χ0v) is 17.6. The van der Waals surface area contributed by atoms with Crippen molar-refractivity contribution in [1.82, 2.24) is 9.36 Å². The van der Waals surface area contributed by atoms with Crippen molar-refractivity contribution in [3.63, 3.8) is 0 Å². The van der Waals surface area contributed by atoms with Crippen LogP contribution in [0.4, 0.5) is 15.2 Å². The molecule has 0 bridgehead atoms. The predicted molar refractivity (Wildman–Crippen MR) is 121 cm³/mol. The number of benzene rings is 2. The van der Waals surface area contributed by atoms with Crippen LogP contribution >= 0.6 is 23.1 Å². The standard InChI is InChI=1S/C22H20ClFN4S/c1-25-17-11-13-7-3-4-8-14(13)20(26-17)18-16(23)12-15-21(19(18)24)27-29-22(15)28-9-5-2-6-10-28/h3-4,7-8,11-12H,2,5-6,9-10H2,1H3,(H,25,26). The molecule has 2 aromatic carbocycles. The van der Waals surface area contributed by atoms with E-state index in [1.165, 1.54) is 18.0 Å². The van der Waals surface area contributed by atoms with Crippen molar-refractivity contribution in [2.24, 2.45) is 0 Å². The van der Waals surface area contributed by atoms with E-state index in [9.17, 15) is 0 Å². The summed E-state index contributed by atoms with van der Waals surface area (Å²) in [4.78, 5) is 6.94. The van der Waals surface area contributed by atoms with E-state index in [0.29, 0.717) is 27.6 Å². The first-order valence-electron chi connectivity index (χ1n) is 9.77. The molecule has 7 heteroatoms. The summed E-state index contributed by atoms with van der Waals surface area (Å²) in [5.74, 6) is 0.263. The van der Waals surface area contributed by atoms with Crippen molar-refractivity contribution in [3.8, 4) is 11.3 Å². The molecule has 0 aliphatic carbocycles. The fraction of sp³-hybridized carbons (Fsp3) is 0.273. The quantitative estimate of drug-likeness (QED) is 0.415. The zero-order valence-electron chi connectivity index (χ0n) is 16.0. The number of anilines is 2. The minimum absolute atomic E-state index is 0.308. The van der Waals surface area contributed by atoms with Gasteiger partial charge in [-0.2, -0.15) is 4.37 Å². The second kappa shape index (κ2) is 7.43. The molecule has 1 N–H and O–H groups in total. The minimum atomic E-state index is -0.405. The number of aromatic nitrogens is 2. The summed E-state index contributed by atoms with van der Waals surface area (Å²) >= 11 is 8.02. The molecule has 0 atom stereocenters. The number of nitrogens with zero attached hydrogens (tertiary/aromatic N) is 3. The first-order chi connectivity index (χ1) is 14.2. The van der Waals surface area contributed by atoms with Crippen molar-refractivity contribution >= 4 is 55.6 Å². The minimum Gasteiger partial charge on any atom is -0.373 e. The van der Waals surface area contributed by atoms with Crippen LogP contribution in [0.15, 0.2) is 36.4 Å². The first-order valence-corrected chi connectivity index (χ1v) is 10.9. The van der Waals surface area contributed by atoms with Gasteiger partial charge in [-0.1, -0.05) is 35.9 Å². The normalized spacial score (nSPS) is 14.7. The highest BCUT2D eigenvalue weighted by atomic mass is 35.5. The topological polar surface area (TPSA) is 41.0 Å². The molecule has 0 spiro atoms. The molecule has 1 saturated heterocycles. The zero-order chi connectivity index (χ0) is 20.0. The van der Waals surface area contributed by atoms with Crippen LogP contribution in [0.2, 0.25) is 5.02 Å². The molecule has 0 unspecified atom stereocenters. The van der Waals surface area contributed by atoms with Gasteiger partial charge in [0.2, 0.25) is 0 Å². The van der Waals surface area contributed by atoms with Crippen LogP contribution in [0.1, 0.15) is 19.3 Å². The number of hydrogen-bond acceptors (Lipinski definition) is 5. The summed E-state index contributed by atoms with van der Waals surface area (Å²) in [5, 5.41) is 7.05. The van der Waals surface area contributed by atoms with Gasteiger partial charge in [0.15, 0.2) is 5.82 Å². The van der Waals surface area contributed by atoms with Gasteiger partial charge in [0.1, 0.15) is 16.3 Å². The summed E-state index contributed by atoms with van der Waals surface area (Å²) in [6, 6.07) is 11.6. The summed E-state index contributed by atoms with van der Waals surface area (Å²) in [5.41, 5.74) is 1.21. The van der Waals surface area contributed by atoms with E-state index < -0.39 is 5.82 Å². The largest absolute Gasteiger partial charge is 0.373 e. The van der Waals surface area contributed by atoms with E-state index >= 15 is 4.39 Å². The summed E-state index contributed by atoms with van der Waals surface area (Å²) < 4.78 is 20.2. The number of rotatable bonds is 3. The van der Waals surface area contributed by atoms with Gasteiger partial charge in [0, 0.05) is 30.9 Å². The van der Waals surface area contributed by atoms with Gasteiger partial charge in [0.25, 0.3) is 0 Å². The van der Waals surface area contributed by atoms with E-state index in [0.717, 1.165) is 47.1 Å². The number of fused-ring (bicyclic) bond motifs is 2. The second-order valence-corrected chi connectivity index (χ2v) is 8.47. The Morgan fingerprint density at radius 2 is 1.90 bits per heavy atom. The Labute approximate surface area is 177 Å². The van der Waals surface area contributed by atoms with E-state index in [1.54, 1.807) is 7.05 Å². The van der Waals surface area contributed by atoms with Crippen LogP contribution in [0.25, 0.3) is 32.9 Å². The number of piperidine rings is 1. The van der Waals surface area contributed by atoms with Crippen LogP contribution in [-0.2, 0) is 0 Å². The molecular formula is C22H20ClFN4S. The Morgan fingerprint density at radius 3 is 2.69 bits per heavy atom. The highest BCUT2D eigenvalue weighted by Crippen LogP contribution is 2.42. The molecule has 4 nitrogen and oxygen atoms in total. The monoisotopic (exact) mass is 426 g/mol. The van der Waals surface area contributed by atoms with Gasteiger partial charge in [-0.15, -0.1) is 0 Å². The molecule has 0 saturated carbocycles. The van der Waals surface area contributed by atoms with E-state index in [2.05, 4.69) is 19.6 Å². The lowest BCUT2D eigenvalue weighted by atomic mass is 10.0. The number of halogens is 2. The molecule has 3 heterocycles. The molecule has 1 fully saturated rings. The van der Waals surface area contributed by atoms with Gasteiger partial charge < -0.3 is 10.2 Å². The second-order valence-electron chi connectivity index (χ2n) is 7.31. The number of pyridine rings is 1. The average molecular weight is 427 g/mol. The molecule has 4 aromatic rings. The van der Waals surface area contributed by atoms with Crippen molar-refractivity contribution in [3.05, 3.63) is 47.2 Å². The van der Waals surface area contributed by atoms with Crippen LogP contribution < -0.4 is 10.2 Å². The Hall–Kier alpha value is -2.44. The lowest BCUT2D eigenvalue weighted by Gasteiger charge is -2.27. The van der Waals surface area contributed by atoms with Gasteiger partial charge in [-0.3, -0.25) is 0 Å². The smallest absolute Gasteiger partial charge is 0.161 e. The number of hydrogen-bond donors (Lipinski definition) is 1. The lowest BCUT2D eigenvalue weighted by Crippen LogP contribution is -2.28. The Balaban J connectivity index is 1.74. The van der Waals surface area contributed by atoms with Crippen molar-refractivity contribution in [1.29, 1.82) is 0 Å². The maximum atomic E-state index is 15.7. The van der Waals surface area contributed by atoms with Crippen LogP contribution in [0.3, 0.4) is 0 Å². The van der Waals surface area contributed by atoms with Gasteiger partial charge in [-0.25, -0.2) is 9.37 Å². The highest BCUT2D eigenvalue weighted by molar-refractivity contribution is 7.11. The van der Waals surface area contributed by atoms with Crippen molar-refractivity contribution in [2.45, 2.75) is 19.3 Å². The molecule has 29 heavy (non-hydrogen) atoms. The van der Waals surface area contributed by atoms with Crippen molar-refractivity contribution < 1.29 is 4.39 Å². The third-order valence-corrected chi connectivity index (χ3v) is 6.75. The Morgan fingerprint density at radius 1 is 1.10 bits per heavy atom. The van der Waals surface area contributed by atoms with Gasteiger partial charge in [0.05, 0.1) is 16.3 Å². The maximum Gasteiger partial charge on any atom is 0.161 e. The third kappa shape index (κ3) is 3.11. The summed E-state index contributed by atoms with van der Waals surface area (Å²) in [6.07, 6.45) is 3.55. The maximum absolute atomic E-state index is 15.7. The SMILES string of the molecule is CNc1cc2ccccc2c(-c2c(Cl)cc3c(N4CCCCC4)snc3c2F)n1. The molecular weight excluding hydrogens is 407 g/mol. The van der Waals surface area contributed by atoms with E-state index in [1.807, 2.05) is 36.4 Å². The fourth-order valence-corrected chi connectivity index (χ4v) is 5.25. The fourth-order valence-electron chi connectivity index (χ4n) is 4.06. The van der Waals surface area contributed by atoms with Crippen LogP contribution in [0.5, 0.6) is 0 Å². The molecule has 2 aromatic heterocycles. The van der Waals surface area contributed by atoms with Crippen LogP contribution in [-0.4, -0.2) is 29.5 Å². The Kier molecular flexibility index (Phi) is 4.76. The number of nitrogens with one attached hydrogen (secondary N) is 1. The average Bonchev–Trinajstić information content (AvgIpc) is 3.18. The third-order valence-electron chi connectivity index (χ3n) is 5.52. The Bertz CT molecular complexity index is 1220. The molecule has 0 radical (unpaired) electrons. The first kappa shape index (κ1) is 18.6. The molecule has 148 valence electrons. The molecule has 1 aliphatic rings. The van der Waals surface area contributed by atoms with Gasteiger partial charge in [-0.05, 0) is 48.3 Å². The molecule has 0 amide bonds. The summed E-state index contributed by atoms with van der Waals surface area (Å²) in [7, 11) is 1.80. The van der Waals surface area contributed by atoms with Crippen molar-refractivity contribution in [2.75, 3.05) is 30.4 Å². The molecule has 5 rings (SSSR count). The van der Waals surface area contributed by atoms with E-state index in [4.69, 9.17) is 11.6 Å². The summed E-state index contributed by atoms with van der Waals surface area (Å²) in [6.45, 7) is 1.96. The lowest BCUT2D eigenvalue weighted by molar-refractivity contribution is 0.581. The van der Waals surface area contributed by atoms with Crippen LogP contribution in [0, 0.1) is 5.82 Å². The predicted octanol–water partition coefficient (Wildman–Crippen LogP) is 6.34. The van der Waals surface area contributed by atoms with E-state index in [-0.39, 0.29) is 0 Å². The molecule has 1 aliphatic heterocycles.